The topological polar surface area (TPSA) is 42.4 Å². The molecule has 0 atom stereocenters. The van der Waals surface area contributed by atoms with Crippen LogP contribution in [0.1, 0.15) is 9.67 Å². The number of nitrogens with zero attached hydrogens (tertiary/aromatic N) is 2. The lowest BCUT2D eigenvalue weighted by Gasteiger charge is -2.17. The Kier molecular flexibility index (Phi) is 4.76. The van der Waals surface area contributed by atoms with Gasteiger partial charge in [0.15, 0.2) is 11.6 Å². The predicted octanol–water partition coefficient (Wildman–Crippen LogP) is 5.14. The highest BCUT2D eigenvalue weighted by molar-refractivity contribution is 9.10. The van der Waals surface area contributed by atoms with E-state index in [1.165, 1.54) is 41.5 Å². The SMILES string of the molecule is COc1cc(N(C)C(=O)c2cc3c(Br)cnc(Cl)c3s2)ccc1F. The van der Waals surface area contributed by atoms with Gasteiger partial charge < -0.3 is 9.64 Å². The molecule has 24 heavy (non-hydrogen) atoms. The number of fused-ring (bicyclic) bond motifs is 1. The molecule has 2 aromatic heterocycles. The van der Waals surface area contributed by atoms with E-state index >= 15 is 0 Å². The molecule has 0 radical (unpaired) electrons. The summed E-state index contributed by atoms with van der Waals surface area (Å²) in [5.74, 6) is -0.628. The number of ether oxygens (including phenoxy) is 1. The monoisotopic (exact) mass is 428 g/mol. The van der Waals surface area contributed by atoms with E-state index in [1.807, 2.05) is 0 Å². The van der Waals surface area contributed by atoms with Crippen LogP contribution in [-0.4, -0.2) is 25.0 Å². The van der Waals surface area contributed by atoms with Crippen molar-refractivity contribution in [3.63, 3.8) is 0 Å². The van der Waals surface area contributed by atoms with Crippen molar-refractivity contribution in [1.82, 2.24) is 4.98 Å². The average Bonchev–Trinajstić information content (AvgIpc) is 3.04. The first-order valence-electron chi connectivity index (χ1n) is 6.77. The number of amides is 1. The summed E-state index contributed by atoms with van der Waals surface area (Å²) in [6.45, 7) is 0. The molecule has 0 aliphatic rings. The zero-order valence-corrected chi connectivity index (χ0v) is 15.8. The number of hydrogen-bond donors (Lipinski definition) is 0. The second-order valence-electron chi connectivity index (χ2n) is 4.93. The fourth-order valence-electron chi connectivity index (χ4n) is 2.21. The summed E-state index contributed by atoms with van der Waals surface area (Å²) >= 11 is 10.8. The second kappa shape index (κ2) is 6.66. The van der Waals surface area contributed by atoms with E-state index < -0.39 is 5.82 Å². The summed E-state index contributed by atoms with van der Waals surface area (Å²) in [6, 6.07) is 6.02. The van der Waals surface area contributed by atoms with Gasteiger partial charge in [0.25, 0.3) is 5.91 Å². The van der Waals surface area contributed by atoms with Crippen LogP contribution in [0.15, 0.2) is 34.9 Å². The third kappa shape index (κ3) is 2.99. The highest BCUT2D eigenvalue weighted by Gasteiger charge is 2.19. The van der Waals surface area contributed by atoms with Crippen molar-refractivity contribution in [2.24, 2.45) is 0 Å². The highest BCUT2D eigenvalue weighted by atomic mass is 79.9. The van der Waals surface area contributed by atoms with E-state index in [2.05, 4.69) is 20.9 Å². The maximum atomic E-state index is 13.5. The highest BCUT2D eigenvalue weighted by Crippen LogP contribution is 2.36. The van der Waals surface area contributed by atoms with Gasteiger partial charge in [-0.3, -0.25) is 4.79 Å². The fourth-order valence-corrected chi connectivity index (χ4v) is 4.06. The molecular formula is C16H11BrClFN2O2S. The maximum Gasteiger partial charge on any atom is 0.268 e. The summed E-state index contributed by atoms with van der Waals surface area (Å²) in [6.07, 6.45) is 1.60. The van der Waals surface area contributed by atoms with Gasteiger partial charge >= 0.3 is 0 Å². The lowest BCUT2D eigenvalue weighted by atomic mass is 10.2. The van der Waals surface area contributed by atoms with Gasteiger partial charge in [-0.25, -0.2) is 9.37 Å². The minimum atomic E-state index is -0.481. The summed E-state index contributed by atoms with van der Waals surface area (Å²) in [5.41, 5.74) is 0.527. The number of rotatable bonds is 3. The summed E-state index contributed by atoms with van der Waals surface area (Å²) in [7, 11) is 3.00. The van der Waals surface area contributed by atoms with E-state index in [0.29, 0.717) is 15.7 Å². The van der Waals surface area contributed by atoms with Gasteiger partial charge in [-0.2, -0.15) is 0 Å². The van der Waals surface area contributed by atoms with Crippen LogP contribution in [0, 0.1) is 5.82 Å². The molecule has 2 heterocycles. The van der Waals surface area contributed by atoms with Crippen LogP contribution in [0.2, 0.25) is 5.15 Å². The number of carbonyl (C=O) groups is 1. The largest absolute Gasteiger partial charge is 0.494 e. The van der Waals surface area contributed by atoms with Gasteiger partial charge in [0, 0.05) is 34.9 Å². The van der Waals surface area contributed by atoms with Crippen LogP contribution < -0.4 is 9.64 Å². The Balaban J connectivity index is 1.99. The molecule has 124 valence electrons. The van der Waals surface area contributed by atoms with E-state index in [4.69, 9.17) is 16.3 Å². The average molecular weight is 430 g/mol. The number of halogens is 3. The normalized spacial score (nSPS) is 10.9. The van der Waals surface area contributed by atoms with Crippen LogP contribution in [0.3, 0.4) is 0 Å². The number of thiophene rings is 1. The van der Waals surface area contributed by atoms with Crippen molar-refractivity contribution in [3.8, 4) is 5.75 Å². The lowest BCUT2D eigenvalue weighted by Crippen LogP contribution is -2.25. The van der Waals surface area contributed by atoms with E-state index in [0.717, 1.165) is 14.6 Å². The predicted molar refractivity (Wildman–Crippen MR) is 98.0 cm³/mol. The molecule has 3 rings (SSSR count). The van der Waals surface area contributed by atoms with Crippen LogP contribution in [-0.2, 0) is 0 Å². The Morgan fingerprint density at radius 1 is 1.42 bits per heavy atom. The number of benzene rings is 1. The standard InChI is InChI=1S/C16H11BrClFN2O2S/c1-21(8-3-4-11(19)12(5-8)23-2)16(22)13-6-9-10(17)7-20-15(18)14(9)24-13/h3-7H,1-2H3. The zero-order valence-electron chi connectivity index (χ0n) is 12.6. The van der Waals surface area contributed by atoms with Crippen LogP contribution in [0.25, 0.3) is 10.1 Å². The molecule has 0 spiro atoms. The van der Waals surface area contributed by atoms with Gasteiger partial charge in [0.2, 0.25) is 0 Å². The number of anilines is 1. The first-order valence-corrected chi connectivity index (χ1v) is 8.76. The molecule has 0 aliphatic heterocycles. The molecule has 0 aliphatic carbocycles. The lowest BCUT2D eigenvalue weighted by molar-refractivity contribution is 0.0997. The van der Waals surface area contributed by atoms with Crippen molar-refractivity contribution >= 4 is 60.5 Å². The Morgan fingerprint density at radius 3 is 2.83 bits per heavy atom. The van der Waals surface area contributed by atoms with E-state index in [-0.39, 0.29) is 11.7 Å². The summed E-state index contributed by atoms with van der Waals surface area (Å²) < 4.78 is 20.0. The fraction of sp³-hybridized carbons (Fsp3) is 0.125. The Labute approximate surface area is 154 Å². The minimum Gasteiger partial charge on any atom is -0.494 e. The van der Waals surface area contributed by atoms with Gasteiger partial charge in [0.1, 0.15) is 5.15 Å². The first kappa shape index (κ1) is 17.1. The third-order valence-electron chi connectivity index (χ3n) is 3.51. The van der Waals surface area contributed by atoms with Crippen LogP contribution >= 0.6 is 38.9 Å². The number of hydrogen-bond acceptors (Lipinski definition) is 4. The molecule has 0 fully saturated rings. The van der Waals surface area contributed by atoms with Crippen molar-refractivity contribution in [3.05, 3.63) is 50.8 Å². The van der Waals surface area contributed by atoms with Crippen LogP contribution in [0.5, 0.6) is 5.75 Å². The molecule has 0 unspecified atom stereocenters. The Hall–Kier alpha value is -1.70. The molecule has 1 amide bonds. The molecule has 0 bridgehead atoms. The first-order chi connectivity index (χ1) is 11.4. The minimum absolute atomic E-state index is 0.0819. The van der Waals surface area contributed by atoms with Crippen LogP contribution in [0.4, 0.5) is 10.1 Å². The number of carbonyl (C=O) groups excluding carboxylic acids is 1. The molecule has 0 N–H and O–H groups in total. The quantitative estimate of drug-likeness (QED) is 0.542. The van der Waals surface area contributed by atoms with Crippen molar-refractivity contribution in [2.75, 3.05) is 19.1 Å². The zero-order chi connectivity index (χ0) is 17.4. The van der Waals surface area contributed by atoms with Crippen molar-refractivity contribution < 1.29 is 13.9 Å². The molecule has 1 aromatic carbocycles. The van der Waals surface area contributed by atoms with E-state index in [9.17, 15) is 9.18 Å². The Morgan fingerprint density at radius 2 is 2.17 bits per heavy atom. The smallest absolute Gasteiger partial charge is 0.268 e. The molecule has 8 heteroatoms. The van der Waals surface area contributed by atoms with Crippen molar-refractivity contribution in [1.29, 1.82) is 0 Å². The van der Waals surface area contributed by atoms with Crippen molar-refractivity contribution in [2.45, 2.75) is 0 Å². The second-order valence-corrected chi connectivity index (χ2v) is 7.20. The number of aromatic nitrogens is 1. The van der Waals surface area contributed by atoms with Gasteiger partial charge in [-0.1, -0.05) is 11.6 Å². The molecule has 4 nitrogen and oxygen atoms in total. The summed E-state index contributed by atoms with van der Waals surface area (Å²) in [5, 5.41) is 1.18. The van der Waals surface area contributed by atoms with E-state index in [1.54, 1.807) is 19.3 Å². The maximum absolute atomic E-state index is 13.5. The number of methoxy groups -OCH3 is 1. The Bertz CT molecular complexity index is 908. The van der Waals surface area contributed by atoms with Gasteiger partial charge in [0.05, 0.1) is 16.7 Å². The van der Waals surface area contributed by atoms with Gasteiger partial charge in [-0.15, -0.1) is 11.3 Å². The molecule has 0 saturated heterocycles. The summed E-state index contributed by atoms with van der Waals surface area (Å²) in [4.78, 5) is 18.7. The third-order valence-corrected chi connectivity index (χ3v) is 5.67. The van der Waals surface area contributed by atoms with Gasteiger partial charge in [-0.05, 0) is 34.1 Å². The number of pyridine rings is 1. The molecule has 0 saturated carbocycles. The molecular weight excluding hydrogens is 419 g/mol. The molecule has 3 aromatic rings.